The molecule has 1 aromatic rings. The van der Waals surface area contributed by atoms with Crippen LogP contribution in [0.2, 0.25) is 0 Å². The van der Waals surface area contributed by atoms with E-state index in [1.807, 2.05) is 0 Å². The fourth-order valence-corrected chi connectivity index (χ4v) is 2.62. The zero-order valence-corrected chi connectivity index (χ0v) is 8.42. The van der Waals surface area contributed by atoms with Gasteiger partial charge in [0, 0.05) is 24.1 Å². The van der Waals surface area contributed by atoms with Crippen molar-refractivity contribution in [2.75, 3.05) is 6.61 Å². The lowest BCUT2D eigenvalue weighted by molar-refractivity contribution is 0.236. The average molecular weight is 189 g/mol. The lowest BCUT2D eigenvalue weighted by atomic mass is 9.87. The topological polar surface area (TPSA) is 21.3 Å². The van der Waals surface area contributed by atoms with Gasteiger partial charge in [-0.1, -0.05) is 12.1 Å². The minimum Gasteiger partial charge on any atom is -0.493 e. The maximum Gasteiger partial charge on any atom is 0.124 e. The molecular weight excluding hydrogens is 174 g/mol. The summed E-state index contributed by atoms with van der Waals surface area (Å²) >= 11 is 0. The fourth-order valence-electron chi connectivity index (χ4n) is 2.62. The second-order valence-corrected chi connectivity index (χ2v) is 4.29. The SMILES string of the molecule is CC1Cc2cccc3c2C(CCO3)N1. The summed E-state index contributed by atoms with van der Waals surface area (Å²) in [6.45, 7) is 3.10. The van der Waals surface area contributed by atoms with Gasteiger partial charge in [0.15, 0.2) is 0 Å². The largest absolute Gasteiger partial charge is 0.493 e. The standard InChI is InChI=1S/C12H15NO/c1-8-7-9-3-2-4-11-12(9)10(13-8)5-6-14-11/h2-4,8,10,13H,5-7H2,1H3. The molecule has 14 heavy (non-hydrogen) atoms. The van der Waals surface area contributed by atoms with Crippen LogP contribution in [0.1, 0.15) is 30.5 Å². The zero-order chi connectivity index (χ0) is 9.54. The van der Waals surface area contributed by atoms with E-state index in [1.54, 1.807) is 0 Å². The second kappa shape index (κ2) is 2.99. The van der Waals surface area contributed by atoms with Gasteiger partial charge in [0.25, 0.3) is 0 Å². The molecule has 0 aliphatic carbocycles. The highest BCUT2D eigenvalue weighted by atomic mass is 16.5. The molecule has 2 nitrogen and oxygen atoms in total. The van der Waals surface area contributed by atoms with Crippen LogP contribution in [-0.2, 0) is 6.42 Å². The molecule has 0 fully saturated rings. The normalized spacial score (nSPS) is 29.2. The maximum atomic E-state index is 5.67. The molecule has 74 valence electrons. The molecule has 3 rings (SSSR count). The Bertz CT molecular complexity index is 361. The van der Waals surface area contributed by atoms with Crippen LogP contribution in [0.5, 0.6) is 5.75 Å². The molecule has 1 N–H and O–H groups in total. The van der Waals surface area contributed by atoms with Crippen molar-refractivity contribution in [3.8, 4) is 5.75 Å². The van der Waals surface area contributed by atoms with Gasteiger partial charge in [0.05, 0.1) is 6.61 Å². The number of ether oxygens (including phenoxy) is 1. The Kier molecular flexibility index (Phi) is 1.77. The van der Waals surface area contributed by atoms with Gasteiger partial charge in [0.1, 0.15) is 5.75 Å². The number of benzene rings is 1. The zero-order valence-electron chi connectivity index (χ0n) is 8.42. The third kappa shape index (κ3) is 1.14. The van der Waals surface area contributed by atoms with Crippen LogP contribution in [-0.4, -0.2) is 12.6 Å². The van der Waals surface area contributed by atoms with Crippen molar-refractivity contribution in [2.24, 2.45) is 0 Å². The highest BCUT2D eigenvalue weighted by Crippen LogP contribution is 2.37. The third-order valence-corrected chi connectivity index (χ3v) is 3.18. The Labute approximate surface area is 84.3 Å². The summed E-state index contributed by atoms with van der Waals surface area (Å²) in [5.41, 5.74) is 2.88. The van der Waals surface area contributed by atoms with Crippen LogP contribution in [0.15, 0.2) is 18.2 Å². The summed E-state index contributed by atoms with van der Waals surface area (Å²) in [4.78, 5) is 0. The van der Waals surface area contributed by atoms with Crippen molar-refractivity contribution in [1.82, 2.24) is 5.32 Å². The van der Waals surface area contributed by atoms with Crippen molar-refractivity contribution < 1.29 is 4.74 Å². The first-order valence-corrected chi connectivity index (χ1v) is 5.35. The maximum absolute atomic E-state index is 5.67. The summed E-state index contributed by atoms with van der Waals surface area (Å²) < 4.78 is 5.67. The molecule has 0 radical (unpaired) electrons. The van der Waals surface area contributed by atoms with Gasteiger partial charge in [-0.25, -0.2) is 0 Å². The number of hydrogen-bond donors (Lipinski definition) is 1. The van der Waals surface area contributed by atoms with E-state index in [9.17, 15) is 0 Å². The predicted molar refractivity (Wildman–Crippen MR) is 55.6 cm³/mol. The Balaban J connectivity index is 2.14. The quantitative estimate of drug-likeness (QED) is 0.674. The lowest BCUT2D eigenvalue weighted by Gasteiger charge is -2.35. The third-order valence-electron chi connectivity index (χ3n) is 3.18. The molecule has 0 bridgehead atoms. The van der Waals surface area contributed by atoms with Crippen LogP contribution in [0.3, 0.4) is 0 Å². The van der Waals surface area contributed by atoms with E-state index in [2.05, 4.69) is 30.4 Å². The van der Waals surface area contributed by atoms with Crippen molar-refractivity contribution in [3.63, 3.8) is 0 Å². The molecule has 2 aliphatic rings. The van der Waals surface area contributed by atoms with Crippen LogP contribution < -0.4 is 10.1 Å². The minimum atomic E-state index is 0.527. The van der Waals surface area contributed by atoms with Gasteiger partial charge in [0.2, 0.25) is 0 Å². The van der Waals surface area contributed by atoms with Crippen LogP contribution in [0.25, 0.3) is 0 Å². The van der Waals surface area contributed by atoms with E-state index in [0.717, 1.165) is 25.2 Å². The summed E-state index contributed by atoms with van der Waals surface area (Å²) in [5.74, 6) is 1.10. The molecule has 0 amide bonds. The van der Waals surface area contributed by atoms with Gasteiger partial charge in [-0.3, -0.25) is 0 Å². The molecule has 2 aliphatic heterocycles. The molecule has 2 unspecified atom stereocenters. The van der Waals surface area contributed by atoms with E-state index in [-0.39, 0.29) is 0 Å². The number of rotatable bonds is 0. The average Bonchev–Trinajstić information content (AvgIpc) is 2.18. The Hall–Kier alpha value is -1.02. The van der Waals surface area contributed by atoms with E-state index < -0.39 is 0 Å². The molecule has 2 atom stereocenters. The van der Waals surface area contributed by atoms with Gasteiger partial charge in [-0.05, 0) is 25.0 Å². The van der Waals surface area contributed by atoms with Crippen LogP contribution >= 0.6 is 0 Å². The molecular formula is C12H15NO. The summed E-state index contributed by atoms with van der Waals surface area (Å²) in [6, 6.07) is 7.55. The fraction of sp³-hybridized carbons (Fsp3) is 0.500. The minimum absolute atomic E-state index is 0.527. The van der Waals surface area contributed by atoms with E-state index >= 15 is 0 Å². The van der Waals surface area contributed by atoms with E-state index in [0.29, 0.717) is 12.1 Å². The highest BCUT2D eigenvalue weighted by Gasteiger charge is 2.29. The summed E-state index contributed by atoms with van der Waals surface area (Å²) in [5, 5.41) is 3.63. The highest BCUT2D eigenvalue weighted by molar-refractivity contribution is 5.45. The van der Waals surface area contributed by atoms with Crippen molar-refractivity contribution >= 4 is 0 Å². The second-order valence-electron chi connectivity index (χ2n) is 4.29. The van der Waals surface area contributed by atoms with E-state index in [4.69, 9.17) is 4.74 Å². The first kappa shape index (κ1) is 8.30. The van der Waals surface area contributed by atoms with E-state index in [1.165, 1.54) is 11.1 Å². The molecule has 0 aromatic heterocycles. The molecule has 0 saturated carbocycles. The first-order valence-electron chi connectivity index (χ1n) is 5.35. The summed E-state index contributed by atoms with van der Waals surface area (Å²) in [6.07, 6.45) is 2.23. The van der Waals surface area contributed by atoms with Gasteiger partial charge < -0.3 is 10.1 Å². The van der Waals surface area contributed by atoms with Gasteiger partial charge in [-0.2, -0.15) is 0 Å². The molecule has 2 heteroatoms. The van der Waals surface area contributed by atoms with Crippen LogP contribution in [0, 0.1) is 0 Å². The molecule has 0 saturated heterocycles. The van der Waals surface area contributed by atoms with Crippen LogP contribution in [0.4, 0.5) is 0 Å². The molecule has 2 heterocycles. The number of nitrogens with one attached hydrogen (secondary N) is 1. The van der Waals surface area contributed by atoms with Crippen molar-refractivity contribution in [1.29, 1.82) is 0 Å². The monoisotopic (exact) mass is 189 g/mol. The molecule has 0 spiro atoms. The Morgan fingerprint density at radius 2 is 2.36 bits per heavy atom. The van der Waals surface area contributed by atoms with Gasteiger partial charge >= 0.3 is 0 Å². The smallest absolute Gasteiger partial charge is 0.124 e. The van der Waals surface area contributed by atoms with Crippen molar-refractivity contribution in [3.05, 3.63) is 29.3 Å². The lowest BCUT2D eigenvalue weighted by Crippen LogP contribution is -2.39. The Morgan fingerprint density at radius 1 is 1.43 bits per heavy atom. The summed E-state index contributed by atoms with van der Waals surface area (Å²) in [7, 11) is 0. The molecule has 1 aromatic carbocycles. The first-order chi connectivity index (χ1) is 6.84. The number of hydrogen-bond acceptors (Lipinski definition) is 2. The predicted octanol–water partition coefficient (Wildman–Crippen LogP) is 2.04. The van der Waals surface area contributed by atoms with Crippen molar-refractivity contribution in [2.45, 2.75) is 31.8 Å². The van der Waals surface area contributed by atoms with Gasteiger partial charge in [-0.15, -0.1) is 0 Å². The Morgan fingerprint density at radius 3 is 3.29 bits per heavy atom.